The van der Waals surface area contributed by atoms with E-state index in [0.717, 1.165) is 15.6 Å². The molecule has 1 amide bonds. The van der Waals surface area contributed by atoms with Gasteiger partial charge in [0.1, 0.15) is 12.4 Å². The molecule has 2 aromatic carbocycles. The van der Waals surface area contributed by atoms with E-state index in [1.54, 1.807) is 0 Å². The Bertz CT molecular complexity index is 933. The topological polar surface area (TPSA) is 92.2 Å². The van der Waals surface area contributed by atoms with E-state index in [1.807, 2.05) is 48.5 Å². The number of hydrogen-bond acceptors (Lipinski definition) is 6. The van der Waals surface area contributed by atoms with Gasteiger partial charge in [0.05, 0.1) is 6.61 Å². The second kappa shape index (κ2) is 11.4. The lowest BCUT2D eigenvalue weighted by Gasteiger charge is -2.24. The SMILES string of the molecule is CC(C)CNNC(=O)[C@]1(Cc2ccccc2Br)COC(c2ccc(OCCCO)cc2)=N1. The summed E-state index contributed by atoms with van der Waals surface area (Å²) in [5.41, 5.74) is 6.49. The molecule has 8 heteroatoms. The molecule has 0 aliphatic carbocycles. The smallest absolute Gasteiger partial charge is 0.266 e. The number of benzene rings is 2. The maximum Gasteiger partial charge on any atom is 0.266 e. The number of carbonyl (C=O) groups excluding carboxylic acids is 1. The van der Waals surface area contributed by atoms with Crippen LogP contribution in [0.5, 0.6) is 5.75 Å². The molecule has 0 fully saturated rings. The number of hydrazine groups is 1. The highest BCUT2D eigenvalue weighted by atomic mass is 79.9. The van der Waals surface area contributed by atoms with Gasteiger partial charge in [0.15, 0.2) is 5.54 Å². The van der Waals surface area contributed by atoms with Gasteiger partial charge in [-0.25, -0.2) is 10.4 Å². The van der Waals surface area contributed by atoms with E-state index < -0.39 is 5.54 Å². The van der Waals surface area contributed by atoms with E-state index >= 15 is 0 Å². The van der Waals surface area contributed by atoms with E-state index in [2.05, 4.69) is 40.6 Å². The number of nitrogens with one attached hydrogen (secondary N) is 2. The molecule has 7 nitrogen and oxygen atoms in total. The highest BCUT2D eigenvalue weighted by Crippen LogP contribution is 2.30. The van der Waals surface area contributed by atoms with Crippen LogP contribution in [0.2, 0.25) is 0 Å². The van der Waals surface area contributed by atoms with Crippen LogP contribution >= 0.6 is 15.9 Å². The summed E-state index contributed by atoms with van der Waals surface area (Å²) in [6.45, 7) is 5.49. The second-order valence-corrected chi connectivity index (χ2v) is 9.04. The first-order chi connectivity index (χ1) is 15.4. The van der Waals surface area contributed by atoms with Crippen molar-refractivity contribution >= 4 is 27.7 Å². The van der Waals surface area contributed by atoms with Crippen LogP contribution in [0.4, 0.5) is 0 Å². The zero-order valence-corrected chi connectivity index (χ0v) is 20.0. The molecule has 3 N–H and O–H groups in total. The normalized spacial score (nSPS) is 17.7. The number of aliphatic hydroxyl groups excluding tert-OH is 1. The molecule has 0 radical (unpaired) electrons. The minimum Gasteiger partial charge on any atom is -0.494 e. The third-order valence-corrected chi connectivity index (χ3v) is 5.78. The number of amides is 1. The van der Waals surface area contributed by atoms with Crippen molar-refractivity contribution in [2.24, 2.45) is 10.9 Å². The molecule has 0 bridgehead atoms. The molecule has 32 heavy (non-hydrogen) atoms. The fraction of sp³-hybridized carbons (Fsp3) is 0.417. The number of aliphatic hydroxyl groups is 1. The molecule has 1 aliphatic rings. The quantitative estimate of drug-likeness (QED) is 0.323. The number of rotatable bonds is 11. The zero-order chi connectivity index (χ0) is 23.0. The molecule has 2 aromatic rings. The molecule has 0 saturated carbocycles. The van der Waals surface area contributed by atoms with Gasteiger partial charge in [-0.2, -0.15) is 0 Å². The van der Waals surface area contributed by atoms with E-state index in [4.69, 9.17) is 19.6 Å². The molecule has 172 valence electrons. The van der Waals surface area contributed by atoms with Crippen molar-refractivity contribution in [2.45, 2.75) is 32.2 Å². The number of ether oxygens (including phenoxy) is 2. The summed E-state index contributed by atoms with van der Waals surface area (Å²) in [6, 6.07) is 15.2. The highest BCUT2D eigenvalue weighted by Gasteiger charge is 2.45. The Kier molecular flexibility index (Phi) is 8.67. The van der Waals surface area contributed by atoms with Gasteiger partial charge >= 0.3 is 0 Å². The van der Waals surface area contributed by atoms with Crippen LogP contribution in [-0.4, -0.2) is 48.8 Å². The molecular weight excluding hydrogens is 474 g/mol. The third kappa shape index (κ3) is 6.31. The predicted octanol–water partition coefficient (Wildman–Crippen LogP) is 3.25. The largest absolute Gasteiger partial charge is 0.494 e. The molecule has 3 rings (SSSR count). The maximum atomic E-state index is 13.2. The van der Waals surface area contributed by atoms with Gasteiger partial charge in [0.2, 0.25) is 5.90 Å². The lowest BCUT2D eigenvalue weighted by Crippen LogP contribution is -2.53. The van der Waals surface area contributed by atoms with Crippen LogP contribution in [0.15, 0.2) is 58.0 Å². The first kappa shape index (κ1) is 24.2. The van der Waals surface area contributed by atoms with Gasteiger partial charge in [0, 0.05) is 36.0 Å². The number of aliphatic imine (C=N–C) groups is 1. The van der Waals surface area contributed by atoms with Crippen molar-refractivity contribution < 1.29 is 19.4 Å². The molecular formula is C24H30BrN3O4. The Labute approximate surface area is 197 Å². The van der Waals surface area contributed by atoms with Crippen molar-refractivity contribution in [1.29, 1.82) is 0 Å². The van der Waals surface area contributed by atoms with Crippen LogP contribution in [0, 0.1) is 5.92 Å². The molecule has 0 unspecified atom stereocenters. The summed E-state index contributed by atoms with van der Waals surface area (Å²) in [7, 11) is 0. The molecule has 1 aliphatic heterocycles. The summed E-state index contributed by atoms with van der Waals surface area (Å²) in [6.07, 6.45) is 0.977. The predicted molar refractivity (Wildman–Crippen MR) is 128 cm³/mol. The van der Waals surface area contributed by atoms with Crippen molar-refractivity contribution in [2.75, 3.05) is 26.4 Å². The minimum atomic E-state index is -1.08. The second-order valence-electron chi connectivity index (χ2n) is 8.18. The first-order valence-electron chi connectivity index (χ1n) is 10.8. The fourth-order valence-electron chi connectivity index (χ4n) is 3.24. The Hall–Kier alpha value is -2.42. The Morgan fingerprint density at radius 2 is 2.00 bits per heavy atom. The average molecular weight is 504 g/mol. The Balaban J connectivity index is 1.82. The molecule has 0 saturated heterocycles. The van der Waals surface area contributed by atoms with Crippen molar-refractivity contribution in [3.63, 3.8) is 0 Å². The van der Waals surface area contributed by atoms with Gasteiger partial charge in [-0.3, -0.25) is 10.2 Å². The molecule has 0 aromatic heterocycles. The van der Waals surface area contributed by atoms with Gasteiger partial charge in [-0.15, -0.1) is 0 Å². The molecule has 1 heterocycles. The third-order valence-electron chi connectivity index (χ3n) is 5.01. The van der Waals surface area contributed by atoms with Crippen molar-refractivity contribution in [3.05, 3.63) is 64.1 Å². The maximum absolute atomic E-state index is 13.2. The standard InChI is InChI=1S/C24H30BrN3O4/c1-17(2)15-26-28-23(30)24(14-19-6-3-4-7-21(19)25)16-32-22(27-24)18-8-10-20(11-9-18)31-13-5-12-29/h3-4,6-11,17,26,29H,5,12-16H2,1-2H3,(H,28,30)/t24-/m0/s1. The highest BCUT2D eigenvalue weighted by molar-refractivity contribution is 9.10. The van der Waals surface area contributed by atoms with Gasteiger partial charge in [0.25, 0.3) is 5.91 Å². The van der Waals surface area contributed by atoms with E-state index in [-0.39, 0.29) is 19.1 Å². The lowest BCUT2D eigenvalue weighted by atomic mass is 9.91. The minimum absolute atomic E-state index is 0.0937. The lowest BCUT2D eigenvalue weighted by molar-refractivity contribution is -0.127. The Morgan fingerprint density at radius 1 is 1.25 bits per heavy atom. The summed E-state index contributed by atoms with van der Waals surface area (Å²) in [5, 5.41) is 8.88. The van der Waals surface area contributed by atoms with Crippen LogP contribution in [0.25, 0.3) is 0 Å². The van der Waals surface area contributed by atoms with E-state index in [0.29, 0.717) is 43.6 Å². The van der Waals surface area contributed by atoms with E-state index in [9.17, 15) is 4.79 Å². The monoisotopic (exact) mass is 503 g/mol. The number of hydrogen-bond donors (Lipinski definition) is 3. The van der Waals surface area contributed by atoms with Crippen LogP contribution < -0.4 is 15.6 Å². The Morgan fingerprint density at radius 3 is 2.69 bits per heavy atom. The van der Waals surface area contributed by atoms with Crippen LogP contribution in [-0.2, 0) is 16.0 Å². The van der Waals surface area contributed by atoms with Crippen molar-refractivity contribution in [3.8, 4) is 5.75 Å². The van der Waals surface area contributed by atoms with Crippen molar-refractivity contribution in [1.82, 2.24) is 10.9 Å². The fourth-order valence-corrected chi connectivity index (χ4v) is 3.66. The summed E-state index contributed by atoms with van der Waals surface area (Å²) in [4.78, 5) is 18.0. The van der Waals surface area contributed by atoms with Gasteiger partial charge in [-0.05, 0) is 41.8 Å². The van der Waals surface area contributed by atoms with E-state index in [1.165, 1.54) is 0 Å². The molecule has 0 spiro atoms. The van der Waals surface area contributed by atoms with Crippen LogP contribution in [0.1, 0.15) is 31.4 Å². The molecule has 1 atom stereocenters. The van der Waals surface area contributed by atoms with Gasteiger partial charge in [-0.1, -0.05) is 48.0 Å². The van der Waals surface area contributed by atoms with Gasteiger partial charge < -0.3 is 14.6 Å². The first-order valence-corrected chi connectivity index (χ1v) is 11.6. The average Bonchev–Trinajstić information content (AvgIpc) is 3.21. The number of nitrogens with zero attached hydrogens (tertiary/aromatic N) is 1. The van der Waals surface area contributed by atoms with Crippen LogP contribution in [0.3, 0.4) is 0 Å². The summed E-state index contributed by atoms with van der Waals surface area (Å²) < 4.78 is 12.4. The number of halogens is 1. The summed E-state index contributed by atoms with van der Waals surface area (Å²) in [5.74, 6) is 1.30. The number of carbonyl (C=O) groups is 1. The summed E-state index contributed by atoms with van der Waals surface area (Å²) >= 11 is 3.58. The zero-order valence-electron chi connectivity index (χ0n) is 18.4.